The highest BCUT2D eigenvalue weighted by Crippen LogP contribution is 2.30. The Morgan fingerprint density at radius 1 is 1.30 bits per heavy atom. The number of carbonyl (C=O) groups excluding carboxylic acids is 1. The molecule has 0 unspecified atom stereocenters. The molecule has 8 heteroatoms. The third-order valence-corrected chi connectivity index (χ3v) is 5.82. The van der Waals surface area contributed by atoms with E-state index in [1.54, 1.807) is 23.1 Å². The molecule has 0 aromatic heterocycles. The molecule has 23 heavy (non-hydrogen) atoms. The van der Waals surface area contributed by atoms with Gasteiger partial charge in [0.2, 0.25) is 15.9 Å². The third kappa shape index (κ3) is 3.85. The number of fused-ring (bicyclic) bond motifs is 1. The summed E-state index contributed by atoms with van der Waals surface area (Å²) in [6, 6.07) is 5.01. The van der Waals surface area contributed by atoms with Gasteiger partial charge in [-0.3, -0.25) is 4.79 Å². The lowest BCUT2D eigenvalue weighted by Gasteiger charge is -2.23. The minimum atomic E-state index is -3.50. The van der Waals surface area contributed by atoms with Crippen LogP contribution in [0, 0.1) is 0 Å². The predicted molar refractivity (Wildman–Crippen MR) is 91.6 cm³/mol. The van der Waals surface area contributed by atoms with Crippen molar-refractivity contribution in [3.8, 4) is 0 Å². The molecule has 0 bridgehead atoms. The summed E-state index contributed by atoms with van der Waals surface area (Å²) in [7, 11) is -3.50. The number of nitrogens with one attached hydrogen (secondary N) is 2. The maximum Gasteiger partial charge on any atom is 0.240 e. The largest absolute Gasteiger partial charge is 0.317 e. The summed E-state index contributed by atoms with van der Waals surface area (Å²) in [5, 5.41) is 3.22. The first-order valence-electron chi connectivity index (χ1n) is 7.61. The Hall–Kier alpha value is -1.15. The van der Waals surface area contributed by atoms with Gasteiger partial charge in [-0.15, -0.1) is 12.4 Å². The van der Waals surface area contributed by atoms with Crippen molar-refractivity contribution in [3.05, 3.63) is 23.8 Å². The number of hydrogen-bond acceptors (Lipinski definition) is 4. The van der Waals surface area contributed by atoms with Gasteiger partial charge in [0, 0.05) is 25.2 Å². The van der Waals surface area contributed by atoms with E-state index in [1.807, 2.05) is 0 Å². The number of rotatable bonds is 3. The number of halogens is 1. The Bertz CT molecular complexity index is 687. The van der Waals surface area contributed by atoms with Crippen LogP contribution < -0.4 is 14.9 Å². The highest BCUT2D eigenvalue weighted by Gasteiger charge is 2.26. The molecule has 1 amide bonds. The molecule has 0 atom stereocenters. The van der Waals surface area contributed by atoms with Crippen LogP contribution >= 0.6 is 12.4 Å². The van der Waals surface area contributed by atoms with Crippen molar-refractivity contribution >= 4 is 34.0 Å². The number of hydrogen-bond donors (Lipinski definition) is 2. The summed E-state index contributed by atoms with van der Waals surface area (Å²) in [6.45, 7) is 3.82. The van der Waals surface area contributed by atoms with E-state index in [-0.39, 0.29) is 29.3 Å². The van der Waals surface area contributed by atoms with E-state index >= 15 is 0 Å². The molecule has 2 N–H and O–H groups in total. The standard InChI is InChI=1S/C15H21N3O3S.ClH/c1-11(19)18-9-6-12-10-14(2-3-15(12)18)22(20,21)17-13-4-7-16-8-5-13;/h2-3,10,13,16-17H,4-9H2,1H3;1H. The highest BCUT2D eigenvalue weighted by atomic mass is 35.5. The Kier molecular flexibility index (Phi) is 5.67. The maximum absolute atomic E-state index is 12.5. The first-order valence-corrected chi connectivity index (χ1v) is 9.10. The molecule has 1 fully saturated rings. The van der Waals surface area contributed by atoms with E-state index in [1.165, 1.54) is 6.92 Å². The van der Waals surface area contributed by atoms with Crippen LogP contribution in [0.25, 0.3) is 0 Å². The van der Waals surface area contributed by atoms with Crippen molar-refractivity contribution in [1.82, 2.24) is 10.0 Å². The smallest absolute Gasteiger partial charge is 0.240 e. The van der Waals surface area contributed by atoms with Gasteiger partial charge >= 0.3 is 0 Å². The summed E-state index contributed by atoms with van der Waals surface area (Å²) in [4.78, 5) is 13.5. The normalized spacial score (nSPS) is 18.4. The van der Waals surface area contributed by atoms with Gasteiger partial charge in [0.05, 0.1) is 4.90 Å². The zero-order valence-corrected chi connectivity index (χ0v) is 14.7. The number of nitrogens with zero attached hydrogens (tertiary/aromatic N) is 1. The van der Waals surface area contributed by atoms with Crippen LogP contribution in [0.3, 0.4) is 0 Å². The van der Waals surface area contributed by atoms with Gasteiger partial charge in [-0.1, -0.05) is 0 Å². The molecule has 1 aromatic carbocycles. The van der Waals surface area contributed by atoms with E-state index in [0.717, 1.165) is 37.2 Å². The predicted octanol–water partition coefficient (Wildman–Crippen LogP) is 1.05. The molecule has 2 aliphatic rings. The second-order valence-electron chi connectivity index (χ2n) is 5.86. The fourth-order valence-corrected chi connectivity index (χ4v) is 4.45. The fourth-order valence-electron chi connectivity index (χ4n) is 3.10. The second kappa shape index (κ2) is 7.17. The van der Waals surface area contributed by atoms with E-state index in [2.05, 4.69) is 10.0 Å². The molecule has 2 heterocycles. The molecular weight excluding hydrogens is 338 g/mol. The van der Waals surface area contributed by atoms with Crippen LogP contribution in [0.5, 0.6) is 0 Å². The monoisotopic (exact) mass is 359 g/mol. The molecule has 2 aliphatic heterocycles. The summed E-state index contributed by atoms with van der Waals surface area (Å²) < 4.78 is 27.8. The Morgan fingerprint density at radius 3 is 2.65 bits per heavy atom. The Morgan fingerprint density at radius 2 is 2.00 bits per heavy atom. The summed E-state index contributed by atoms with van der Waals surface area (Å²) in [5.74, 6) is -0.0119. The first-order chi connectivity index (χ1) is 10.5. The van der Waals surface area contributed by atoms with E-state index in [0.29, 0.717) is 13.0 Å². The average molecular weight is 360 g/mol. The minimum Gasteiger partial charge on any atom is -0.317 e. The van der Waals surface area contributed by atoms with Crippen molar-refractivity contribution in [2.45, 2.75) is 37.1 Å². The quantitative estimate of drug-likeness (QED) is 0.845. The minimum absolute atomic E-state index is 0. The van der Waals surface area contributed by atoms with Gasteiger partial charge in [-0.05, 0) is 56.1 Å². The lowest BCUT2D eigenvalue weighted by Crippen LogP contribution is -2.42. The van der Waals surface area contributed by atoms with Gasteiger partial charge < -0.3 is 10.2 Å². The average Bonchev–Trinajstić information content (AvgIpc) is 2.91. The number of amides is 1. The van der Waals surface area contributed by atoms with Gasteiger partial charge in [-0.25, -0.2) is 13.1 Å². The highest BCUT2D eigenvalue weighted by molar-refractivity contribution is 7.89. The number of benzene rings is 1. The SMILES string of the molecule is CC(=O)N1CCc2cc(S(=O)(=O)NC3CCNCC3)ccc21.Cl. The molecule has 0 spiro atoms. The van der Waals surface area contributed by atoms with Crippen LogP contribution in [-0.4, -0.2) is 40.0 Å². The van der Waals surface area contributed by atoms with Crippen molar-refractivity contribution in [1.29, 1.82) is 0 Å². The van der Waals surface area contributed by atoms with Crippen molar-refractivity contribution in [2.24, 2.45) is 0 Å². The molecule has 1 aromatic rings. The van der Waals surface area contributed by atoms with Crippen LogP contribution in [-0.2, 0) is 21.2 Å². The molecule has 1 saturated heterocycles. The topological polar surface area (TPSA) is 78.5 Å². The number of piperidine rings is 1. The van der Waals surface area contributed by atoms with Gasteiger partial charge in [0.1, 0.15) is 0 Å². The second-order valence-corrected chi connectivity index (χ2v) is 7.57. The zero-order valence-electron chi connectivity index (χ0n) is 13.0. The van der Waals surface area contributed by atoms with E-state index in [9.17, 15) is 13.2 Å². The van der Waals surface area contributed by atoms with Crippen LogP contribution in [0.15, 0.2) is 23.1 Å². The first kappa shape index (κ1) is 18.2. The van der Waals surface area contributed by atoms with E-state index in [4.69, 9.17) is 0 Å². The zero-order chi connectivity index (χ0) is 15.7. The van der Waals surface area contributed by atoms with E-state index < -0.39 is 10.0 Å². The van der Waals surface area contributed by atoms with Crippen LogP contribution in [0.1, 0.15) is 25.3 Å². The van der Waals surface area contributed by atoms with Crippen LogP contribution in [0.2, 0.25) is 0 Å². The maximum atomic E-state index is 12.5. The molecule has 0 saturated carbocycles. The molecule has 128 valence electrons. The Labute approximate surface area is 143 Å². The van der Waals surface area contributed by atoms with Crippen molar-refractivity contribution in [2.75, 3.05) is 24.5 Å². The molecule has 0 aliphatic carbocycles. The molecule has 3 rings (SSSR count). The third-order valence-electron chi connectivity index (χ3n) is 4.30. The number of carbonyl (C=O) groups is 1. The summed E-state index contributed by atoms with van der Waals surface area (Å²) in [6.07, 6.45) is 2.32. The Balaban J connectivity index is 0.00000192. The molecule has 6 nitrogen and oxygen atoms in total. The molecular formula is C15H22ClN3O3S. The number of anilines is 1. The molecule has 0 radical (unpaired) electrons. The summed E-state index contributed by atoms with van der Waals surface area (Å²) in [5.41, 5.74) is 1.75. The van der Waals surface area contributed by atoms with Gasteiger partial charge in [-0.2, -0.15) is 0 Å². The fraction of sp³-hybridized carbons (Fsp3) is 0.533. The summed E-state index contributed by atoms with van der Waals surface area (Å²) >= 11 is 0. The van der Waals surface area contributed by atoms with Crippen molar-refractivity contribution < 1.29 is 13.2 Å². The van der Waals surface area contributed by atoms with Crippen LogP contribution in [0.4, 0.5) is 5.69 Å². The van der Waals surface area contributed by atoms with Gasteiger partial charge in [0.25, 0.3) is 0 Å². The number of sulfonamides is 1. The lowest BCUT2D eigenvalue weighted by atomic mass is 10.1. The van der Waals surface area contributed by atoms with Crippen molar-refractivity contribution in [3.63, 3.8) is 0 Å². The lowest BCUT2D eigenvalue weighted by molar-refractivity contribution is -0.116. The van der Waals surface area contributed by atoms with Gasteiger partial charge in [0.15, 0.2) is 0 Å².